The summed E-state index contributed by atoms with van der Waals surface area (Å²) in [5.41, 5.74) is 7.52. The number of benzene rings is 1. The van der Waals surface area contributed by atoms with Gasteiger partial charge in [-0.05, 0) is 58.1 Å². The maximum absolute atomic E-state index is 10.2. The molecule has 0 aliphatic carbocycles. The van der Waals surface area contributed by atoms with Gasteiger partial charge in [0.15, 0.2) is 5.65 Å². The molecule has 4 rings (SSSR count). The predicted octanol–water partition coefficient (Wildman–Crippen LogP) is 6.49. The number of thiophene rings is 1. The van der Waals surface area contributed by atoms with Crippen LogP contribution in [-0.4, -0.2) is 19.7 Å². The lowest BCUT2D eigenvalue weighted by Gasteiger charge is -2.15. The van der Waals surface area contributed by atoms with Gasteiger partial charge in [0, 0.05) is 26.1 Å². The Morgan fingerprint density at radius 2 is 1.83 bits per heavy atom. The van der Waals surface area contributed by atoms with Gasteiger partial charge in [0.2, 0.25) is 0 Å². The molecule has 0 aliphatic rings. The van der Waals surface area contributed by atoms with E-state index >= 15 is 0 Å². The van der Waals surface area contributed by atoms with Crippen molar-refractivity contribution in [2.24, 2.45) is 0 Å². The topological polar surface area (TPSA) is 50.4 Å². The standard InChI is InChI=1S/C24H29N3OS/c1-7-17(8-2)20-12-13(3)26-27-22(14(4)25-24(20)27)21-16(6)29-23-18(15(5)28)10-9-11-19(21)23/h9-12,15,17,28H,7-8H2,1-6H3/t15-/m0/s1. The van der Waals surface area contributed by atoms with E-state index in [1.54, 1.807) is 11.3 Å². The fraction of sp³-hybridized carbons (Fsp3) is 0.417. The number of nitrogens with zero attached hydrogens (tertiary/aromatic N) is 3. The van der Waals surface area contributed by atoms with Gasteiger partial charge in [-0.3, -0.25) is 0 Å². The Balaban J connectivity index is 2.07. The van der Waals surface area contributed by atoms with Crippen LogP contribution in [-0.2, 0) is 0 Å². The third kappa shape index (κ3) is 3.17. The average Bonchev–Trinajstić information content (AvgIpc) is 3.17. The van der Waals surface area contributed by atoms with Crippen molar-refractivity contribution in [3.8, 4) is 11.3 Å². The lowest BCUT2D eigenvalue weighted by molar-refractivity contribution is 0.201. The van der Waals surface area contributed by atoms with Crippen LogP contribution in [0.3, 0.4) is 0 Å². The number of fused-ring (bicyclic) bond motifs is 2. The molecule has 152 valence electrons. The lowest BCUT2D eigenvalue weighted by atomic mass is 9.95. The summed E-state index contributed by atoms with van der Waals surface area (Å²) in [6, 6.07) is 8.40. The Kier molecular flexibility index (Phi) is 5.21. The second-order valence-corrected chi connectivity index (χ2v) is 9.19. The first-order valence-corrected chi connectivity index (χ1v) is 11.3. The Labute approximate surface area is 176 Å². The van der Waals surface area contributed by atoms with Crippen molar-refractivity contribution in [2.75, 3.05) is 0 Å². The van der Waals surface area contributed by atoms with Gasteiger partial charge in [0.25, 0.3) is 0 Å². The number of aliphatic hydroxyl groups is 1. The average molecular weight is 408 g/mol. The molecule has 29 heavy (non-hydrogen) atoms. The SMILES string of the molecule is CCC(CC)c1cc(C)nn2c(-c3c(C)sc4c([C@H](C)O)cccc34)c(C)nc12. The van der Waals surface area contributed by atoms with E-state index in [0.29, 0.717) is 5.92 Å². The van der Waals surface area contributed by atoms with Gasteiger partial charge in [-0.1, -0.05) is 32.0 Å². The van der Waals surface area contributed by atoms with Crippen molar-refractivity contribution in [2.45, 2.75) is 66.4 Å². The summed E-state index contributed by atoms with van der Waals surface area (Å²) in [7, 11) is 0. The lowest BCUT2D eigenvalue weighted by Crippen LogP contribution is -2.05. The van der Waals surface area contributed by atoms with Gasteiger partial charge < -0.3 is 5.11 Å². The van der Waals surface area contributed by atoms with Crippen LogP contribution in [0.25, 0.3) is 27.0 Å². The van der Waals surface area contributed by atoms with Crippen LogP contribution in [0.15, 0.2) is 24.3 Å². The van der Waals surface area contributed by atoms with Crippen LogP contribution in [0.4, 0.5) is 0 Å². The van der Waals surface area contributed by atoms with E-state index in [4.69, 9.17) is 10.1 Å². The van der Waals surface area contributed by atoms with Crippen molar-refractivity contribution in [3.05, 3.63) is 51.7 Å². The van der Waals surface area contributed by atoms with Gasteiger partial charge in [-0.2, -0.15) is 5.10 Å². The summed E-state index contributed by atoms with van der Waals surface area (Å²) >= 11 is 1.74. The second kappa shape index (κ2) is 7.54. The van der Waals surface area contributed by atoms with Crippen molar-refractivity contribution < 1.29 is 5.11 Å². The smallest absolute Gasteiger partial charge is 0.157 e. The van der Waals surface area contributed by atoms with Gasteiger partial charge >= 0.3 is 0 Å². The summed E-state index contributed by atoms with van der Waals surface area (Å²) in [6.45, 7) is 12.6. The van der Waals surface area contributed by atoms with E-state index in [2.05, 4.69) is 51.3 Å². The van der Waals surface area contributed by atoms with Gasteiger partial charge in [0.05, 0.1) is 23.2 Å². The molecule has 0 fully saturated rings. The minimum absolute atomic E-state index is 0.482. The molecule has 0 saturated carbocycles. The molecular formula is C24H29N3OS. The van der Waals surface area contributed by atoms with Gasteiger partial charge in [0.1, 0.15) is 0 Å². The molecule has 4 nitrogen and oxygen atoms in total. The first kappa shape index (κ1) is 20.0. The summed E-state index contributed by atoms with van der Waals surface area (Å²) in [4.78, 5) is 6.22. The molecule has 0 radical (unpaired) electrons. The van der Waals surface area contributed by atoms with E-state index in [0.717, 1.165) is 45.8 Å². The Bertz CT molecular complexity index is 1200. The summed E-state index contributed by atoms with van der Waals surface area (Å²) < 4.78 is 3.21. The largest absolute Gasteiger partial charge is 0.389 e. The number of aryl methyl sites for hydroxylation is 3. The van der Waals surface area contributed by atoms with Crippen molar-refractivity contribution >= 4 is 27.1 Å². The maximum atomic E-state index is 10.2. The number of imidazole rings is 1. The van der Waals surface area contributed by atoms with Gasteiger partial charge in [-0.15, -0.1) is 11.3 Å². The first-order valence-electron chi connectivity index (χ1n) is 10.4. The van der Waals surface area contributed by atoms with Crippen molar-refractivity contribution in [1.82, 2.24) is 14.6 Å². The van der Waals surface area contributed by atoms with Crippen LogP contribution in [0, 0.1) is 20.8 Å². The Morgan fingerprint density at radius 1 is 1.10 bits per heavy atom. The number of aliphatic hydroxyl groups excluding tert-OH is 1. The minimum atomic E-state index is -0.491. The zero-order chi connectivity index (χ0) is 20.9. The molecular weight excluding hydrogens is 378 g/mol. The number of hydrogen-bond acceptors (Lipinski definition) is 4. The first-order chi connectivity index (χ1) is 13.9. The normalized spacial score (nSPS) is 13.1. The number of rotatable bonds is 5. The van der Waals surface area contributed by atoms with Crippen LogP contribution in [0.2, 0.25) is 0 Å². The van der Waals surface area contributed by atoms with Crippen LogP contribution < -0.4 is 0 Å². The summed E-state index contributed by atoms with van der Waals surface area (Å²) in [5.74, 6) is 0.482. The van der Waals surface area contributed by atoms with Crippen molar-refractivity contribution in [1.29, 1.82) is 0 Å². The van der Waals surface area contributed by atoms with E-state index < -0.39 is 6.10 Å². The zero-order valence-corrected chi connectivity index (χ0v) is 18.9. The van der Waals surface area contributed by atoms with Gasteiger partial charge in [-0.25, -0.2) is 9.50 Å². The predicted molar refractivity (Wildman–Crippen MR) is 122 cm³/mol. The fourth-order valence-electron chi connectivity index (χ4n) is 4.48. The molecule has 1 N–H and O–H groups in total. The van der Waals surface area contributed by atoms with Crippen LogP contribution >= 0.6 is 11.3 Å². The van der Waals surface area contributed by atoms with Crippen molar-refractivity contribution in [3.63, 3.8) is 0 Å². The quantitative estimate of drug-likeness (QED) is 0.411. The number of aromatic nitrogens is 3. The fourth-order valence-corrected chi connectivity index (χ4v) is 5.73. The zero-order valence-electron chi connectivity index (χ0n) is 18.1. The number of hydrogen-bond donors (Lipinski definition) is 1. The molecule has 4 aromatic rings. The van der Waals surface area contributed by atoms with E-state index in [9.17, 15) is 5.11 Å². The molecule has 3 aromatic heterocycles. The monoisotopic (exact) mass is 407 g/mol. The third-order valence-corrected chi connectivity index (χ3v) is 7.11. The molecule has 0 bridgehead atoms. The van der Waals surface area contributed by atoms with Crippen LogP contribution in [0.5, 0.6) is 0 Å². The molecule has 0 unspecified atom stereocenters. The highest BCUT2D eigenvalue weighted by Gasteiger charge is 2.23. The van der Waals surface area contributed by atoms with Crippen LogP contribution in [0.1, 0.15) is 73.0 Å². The Hall–Kier alpha value is -2.24. The Morgan fingerprint density at radius 3 is 2.48 bits per heavy atom. The maximum Gasteiger partial charge on any atom is 0.157 e. The second-order valence-electron chi connectivity index (χ2n) is 7.97. The molecule has 0 amide bonds. The molecule has 5 heteroatoms. The highest BCUT2D eigenvalue weighted by Crippen LogP contribution is 2.43. The summed E-state index contributed by atoms with van der Waals surface area (Å²) in [5, 5.41) is 16.3. The molecule has 3 heterocycles. The van der Waals surface area contributed by atoms with E-state index in [-0.39, 0.29) is 0 Å². The highest BCUT2D eigenvalue weighted by atomic mass is 32.1. The highest BCUT2D eigenvalue weighted by molar-refractivity contribution is 7.19. The molecule has 1 atom stereocenters. The molecule has 0 spiro atoms. The molecule has 0 aliphatic heterocycles. The van der Waals surface area contributed by atoms with E-state index in [1.165, 1.54) is 21.4 Å². The summed E-state index contributed by atoms with van der Waals surface area (Å²) in [6.07, 6.45) is 1.69. The molecule has 0 saturated heterocycles. The van der Waals surface area contributed by atoms with E-state index in [1.807, 2.05) is 19.1 Å². The third-order valence-electron chi connectivity index (χ3n) is 5.94. The molecule has 1 aromatic carbocycles. The minimum Gasteiger partial charge on any atom is -0.389 e.